The second-order valence-electron chi connectivity index (χ2n) is 4.37. The zero-order valence-corrected chi connectivity index (χ0v) is 9.94. The molecule has 0 radical (unpaired) electrons. The van der Waals surface area contributed by atoms with Crippen LogP contribution in [0.3, 0.4) is 0 Å². The maximum Gasteiger partial charge on any atom is 0.134 e. The van der Waals surface area contributed by atoms with Gasteiger partial charge in [-0.15, -0.1) is 0 Å². The molecule has 1 aromatic rings. The largest absolute Gasteiger partial charge is 0.300 e. The summed E-state index contributed by atoms with van der Waals surface area (Å²) in [6.07, 6.45) is 7.13. The minimum atomic E-state index is 0.176. The normalized spacial score (nSPS) is 31.1. The van der Waals surface area contributed by atoms with Crippen LogP contribution in [0.5, 0.6) is 0 Å². The molecule has 1 aromatic heterocycles. The molecule has 1 heterocycles. The van der Waals surface area contributed by atoms with Gasteiger partial charge in [-0.3, -0.25) is 4.79 Å². The Labute approximate surface area is 96.3 Å². The minimum Gasteiger partial charge on any atom is -0.300 e. The molecule has 2 aliphatic carbocycles. The van der Waals surface area contributed by atoms with E-state index in [9.17, 15) is 4.79 Å². The summed E-state index contributed by atoms with van der Waals surface area (Å²) in [6.45, 7) is 4.00. The average Bonchev–Trinajstić information content (AvgIpc) is 3.08. The van der Waals surface area contributed by atoms with Gasteiger partial charge in [0.05, 0.1) is 0 Å². The molecule has 0 saturated heterocycles. The highest BCUT2D eigenvalue weighted by atomic mass is 16.1. The van der Waals surface area contributed by atoms with E-state index in [1.807, 2.05) is 19.9 Å². The number of Topliss-reactive ketones (excluding diaryl/α,β-unsaturated/α-hetero) is 1. The Morgan fingerprint density at radius 2 is 2.00 bits per heavy atom. The van der Waals surface area contributed by atoms with Crippen molar-refractivity contribution >= 4 is 5.78 Å². The van der Waals surface area contributed by atoms with Crippen LogP contribution in [0, 0.1) is 5.92 Å². The molecule has 3 rings (SSSR count). The van der Waals surface area contributed by atoms with Crippen LogP contribution in [0.2, 0.25) is 0 Å². The van der Waals surface area contributed by atoms with Crippen molar-refractivity contribution in [3.8, 4) is 0 Å². The predicted molar refractivity (Wildman–Crippen MR) is 62.0 cm³/mol. The van der Waals surface area contributed by atoms with Crippen molar-refractivity contribution in [1.29, 1.82) is 0 Å². The molecule has 2 aliphatic rings. The molecule has 16 heavy (non-hydrogen) atoms. The fraction of sp³-hybridized carbons (Fsp3) is 0.615. The molecule has 0 N–H and O–H groups in total. The predicted octanol–water partition coefficient (Wildman–Crippen LogP) is 2.51. The number of fused-ring (bicyclic) bond motifs is 1. The van der Waals surface area contributed by atoms with Crippen molar-refractivity contribution in [2.45, 2.75) is 44.9 Å². The van der Waals surface area contributed by atoms with Gasteiger partial charge < -0.3 is 0 Å². The lowest BCUT2D eigenvalue weighted by molar-refractivity contribution is -0.120. The van der Waals surface area contributed by atoms with E-state index in [0.29, 0.717) is 11.7 Å². The van der Waals surface area contributed by atoms with Crippen LogP contribution in [0.25, 0.3) is 0 Å². The second-order valence-corrected chi connectivity index (χ2v) is 4.37. The van der Waals surface area contributed by atoms with Crippen LogP contribution >= 0.6 is 0 Å². The fourth-order valence-corrected chi connectivity index (χ4v) is 2.64. The van der Waals surface area contributed by atoms with E-state index in [0.717, 1.165) is 31.5 Å². The van der Waals surface area contributed by atoms with Crippen molar-refractivity contribution in [3.63, 3.8) is 0 Å². The van der Waals surface area contributed by atoms with E-state index in [-0.39, 0.29) is 5.41 Å². The summed E-state index contributed by atoms with van der Waals surface area (Å²) in [5.41, 5.74) is 0.176. The van der Waals surface area contributed by atoms with Crippen LogP contribution < -0.4 is 0 Å². The van der Waals surface area contributed by atoms with E-state index >= 15 is 0 Å². The number of hydrogen-bond acceptors (Lipinski definition) is 3. The lowest BCUT2D eigenvalue weighted by atomic mass is 9.87. The Kier molecular flexibility index (Phi) is 3.03. The molecule has 3 heteroatoms. The van der Waals surface area contributed by atoms with Crippen molar-refractivity contribution < 1.29 is 4.79 Å². The molecule has 0 aromatic carbocycles. The highest BCUT2D eigenvalue weighted by Crippen LogP contribution is 2.60. The van der Waals surface area contributed by atoms with Crippen LogP contribution in [0.1, 0.15) is 45.4 Å². The lowest BCUT2D eigenvalue weighted by Gasteiger charge is -2.19. The highest BCUT2D eigenvalue weighted by molar-refractivity contribution is 5.81. The van der Waals surface area contributed by atoms with Crippen LogP contribution in [0.15, 0.2) is 18.5 Å². The van der Waals surface area contributed by atoms with Crippen molar-refractivity contribution in [2.24, 2.45) is 5.92 Å². The minimum absolute atomic E-state index is 0.176. The average molecular weight is 218 g/mol. The molecule has 0 spiro atoms. The van der Waals surface area contributed by atoms with Crippen LogP contribution in [-0.4, -0.2) is 15.8 Å². The van der Waals surface area contributed by atoms with E-state index in [1.165, 1.54) is 0 Å². The molecule has 2 fully saturated rings. The van der Waals surface area contributed by atoms with Gasteiger partial charge in [-0.25, -0.2) is 9.97 Å². The summed E-state index contributed by atoms with van der Waals surface area (Å²) in [7, 11) is 0. The summed E-state index contributed by atoms with van der Waals surface area (Å²) >= 11 is 0. The summed E-state index contributed by atoms with van der Waals surface area (Å²) in [5.74, 6) is 1.91. The number of carbonyl (C=O) groups is 1. The summed E-state index contributed by atoms with van der Waals surface area (Å²) < 4.78 is 0. The number of rotatable bonds is 1. The van der Waals surface area contributed by atoms with Gasteiger partial charge in [0.25, 0.3) is 0 Å². The number of nitrogens with zero attached hydrogens (tertiary/aromatic N) is 2. The Morgan fingerprint density at radius 1 is 1.31 bits per heavy atom. The molecule has 2 unspecified atom stereocenters. The molecular formula is C13H18N2O. The first kappa shape index (κ1) is 11.2. The quantitative estimate of drug-likeness (QED) is 0.727. The number of ketones is 1. The highest BCUT2D eigenvalue weighted by Gasteiger charge is 2.59. The topological polar surface area (TPSA) is 42.9 Å². The molecular weight excluding hydrogens is 200 g/mol. The number of carbonyl (C=O) groups excluding carboxylic acids is 1. The summed E-state index contributed by atoms with van der Waals surface area (Å²) in [6, 6.07) is 1.84. The second kappa shape index (κ2) is 4.32. The first-order valence-electron chi connectivity index (χ1n) is 6.10. The lowest BCUT2D eigenvalue weighted by Crippen LogP contribution is -2.21. The van der Waals surface area contributed by atoms with Crippen molar-refractivity contribution in [3.05, 3.63) is 24.3 Å². The Bertz CT molecular complexity index is 377. The van der Waals surface area contributed by atoms with E-state index in [2.05, 4.69) is 9.97 Å². The third-order valence-corrected chi connectivity index (χ3v) is 3.57. The zero-order chi connectivity index (χ0) is 11.6. The standard InChI is InChI=1S/C11H12N2O.C2H6/c14-9-2-3-11(7-8(11)6-9)10-12-4-1-5-13-10;1-2/h1,4-5,8H,2-3,6-7H2;1-2H3. The van der Waals surface area contributed by atoms with Gasteiger partial charge in [-0.05, 0) is 24.8 Å². The van der Waals surface area contributed by atoms with Gasteiger partial charge in [0.2, 0.25) is 0 Å². The van der Waals surface area contributed by atoms with Gasteiger partial charge in [0.15, 0.2) is 0 Å². The van der Waals surface area contributed by atoms with Crippen molar-refractivity contribution in [1.82, 2.24) is 9.97 Å². The van der Waals surface area contributed by atoms with Crippen LogP contribution in [-0.2, 0) is 10.2 Å². The van der Waals surface area contributed by atoms with Crippen molar-refractivity contribution in [2.75, 3.05) is 0 Å². The van der Waals surface area contributed by atoms with Gasteiger partial charge in [-0.1, -0.05) is 13.8 Å². The van der Waals surface area contributed by atoms with Gasteiger partial charge >= 0.3 is 0 Å². The fourth-order valence-electron chi connectivity index (χ4n) is 2.64. The first-order valence-corrected chi connectivity index (χ1v) is 6.10. The Balaban J connectivity index is 0.000000457. The van der Waals surface area contributed by atoms with E-state index in [1.54, 1.807) is 12.4 Å². The van der Waals surface area contributed by atoms with Gasteiger partial charge in [-0.2, -0.15) is 0 Å². The maximum absolute atomic E-state index is 11.2. The summed E-state index contributed by atoms with van der Waals surface area (Å²) in [4.78, 5) is 19.9. The summed E-state index contributed by atoms with van der Waals surface area (Å²) in [5, 5.41) is 0. The van der Waals surface area contributed by atoms with Gasteiger partial charge in [0.1, 0.15) is 11.6 Å². The molecule has 0 amide bonds. The molecule has 2 saturated carbocycles. The smallest absolute Gasteiger partial charge is 0.134 e. The van der Waals surface area contributed by atoms with E-state index in [4.69, 9.17) is 0 Å². The SMILES string of the molecule is CC.O=C1CCC2(c3ncccn3)CC2C1. The third kappa shape index (κ3) is 1.75. The van der Waals surface area contributed by atoms with E-state index < -0.39 is 0 Å². The number of aromatic nitrogens is 2. The monoisotopic (exact) mass is 218 g/mol. The Morgan fingerprint density at radius 3 is 2.62 bits per heavy atom. The molecule has 0 bridgehead atoms. The zero-order valence-electron chi connectivity index (χ0n) is 9.94. The Hall–Kier alpha value is -1.25. The third-order valence-electron chi connectivity index (χ3n) is 3.57. The number of hydrogen-bond donors (Lipinski definition) is 0. The first-order chi connectivity index (χ1) is 7.81. The molecule has 0 aliphatic heterocycles. The van der Waals surface area contributed by atoms with Crippen LogP contribution in [0.4, 0.5) is 0 Å². The maximum atomic E-state index is 11.2. The van der Waals surface area contributed by atoms with Gasteiger partial charge in [0, 0.05) is 30.7 Å². The molecule has 86 valence electrons. The molecule has 2 atom stereocenters. The molecule has 3 nitrogen and oxygen atoms in total.